The van der Waals surface area contributed by atoms with Crippen LogP contribution in [0.4, 0.5) is 24.5 Å². The monoisotopic (exact) mass is 292 g/mol. The Hall–Kier alpha value is -1.44. The highest BCUT2D eigenvalue weighted by Gasteiger charge is 2.33. The van der Waals surface area contributed by atoms with Gasteiger partial charge in [0.15, 0.2) is 0 Å². The van der Waals surface area contributed by atoms with Crippen molar-refractivity contribution in [1.82, 2.24) is 0 Å². The molecule has 8 heteroatoms. The Morgan fingerprint density at radius 2 is 1.89 bits per heavy atom. The molecule has 0 atom stereocenters. The molecule has 1 aliphatic heterocycles. The zero-order valence-electron chi connectivity index (χ0n) is 9.81. The lowest BCUT2D eigenvalue weighted by atomic mass is 10.1. The summed E-state index contributed by atoms with van der Waals surface area (Å²) >= 11 is 1.68. The van der Waals surface area contributed by atoms with Crippen molar-refractivity contribution in [3.8, 4) is 0 Å². The highest BCUT2D eigenvalue weighted by Crippen LogP contribution is 2.37. The maximum Gasteiger partial charge on any atom is 0.416 e. The summed E-state index contributed by atoms with van der Waals surface area (Å²) in [5.74, 6) is 1.51. The van der Waals surface area contributed by atoms with Crippen molar-refractivity contribution in [2.24, 2.45) is 0 Å². The van der Waals surface area contributed by atoms with Crippen LogP contribution in [0.5, 0.6) is 0 Å². The van der Waals surface area contributed by atoms with E-state index in [1.807, 2.05) is 0 Å². The first-order chi connectivity index (χ1) is 8.89. The van der Waals surface area contributed by atoms with E-state index in [0.717, 1.165) is 29.7 Å². The van der Waals surface area contributed by atoms with E-state index in [1.165, 1.54) is 0 Å². The fourth-order valence-corrected chi connectivity index (χ4v) is 2.81. The second-order valence-corrected chi connectivity index (χ2v) is 5.28. The van der Waals surface area contributed by atoms with Crippen LogP contribution in [-0.2, 0) is 6.18 Å². The van der Waals surface area contributed by atoms with Gasteiger partial charge in [0.2, 0.25) is 0 Å². The Labute approximate surface area is 111 Å². The van der Waals surface area contributed by atoms with Gasteiger partial charge in [0.25, 0.3) is 5.69 Å². The average Bonchev–Trinajstić information content (AvgIpc) is 2.38. The number of benzene rings is 1. The van der Waals surface area contributed by atoms with Crippen LogP contribution in [0.25, 0.3) is 0 Å². The SMILES string of the molecule is O=[N+]([O-])c1ccc(C(F)(F)F)cc1N1CCSCC1. The van der Waals surface area contributed by atoms with Crippen LogP contribution in [0.2, 0.25) is 0 Å². The topological polar surface area (TPSA) is 46.4 Å². The lowest BCUT2D eigenvalue weighted by molar-refractivity contribution is -0.384. The average molecular weight is 292 g/mol. The quantitative estimate of drug-likeness (QED) is 0.620. The van der Waals surface area contributed by atoms with Gasteiger partial charge in [-0.1, -0.05) is 0 Å². The summed E-state index contributed by atoms with van der Waals surface area (Å²) in [5, 5.41) is 10.9. The van der Waals surface area contributed by atoms with Crippen LogP contribution in [0, 0.1) is 10.1 Å². The summed E-state index contributed by atoms with van der Waals surface area (Å²) in [5.41, 5.74) is -1.08. The Morgan fingerprint density at radius 1 is 1.26 bits per heavy atom. The number of nitrogens with zero attached hydrogens (tertiary/aromatic N) is 2. The van der Waals surface area contributed by atoms with Gasteiger partial charge in [-0.25, -0.2) is 0 Å². The van der Waals surface area contributed by atoms with Crippen molar-refractivity contribution < 1.29 is 18.1 Å². The molecule has 0 bridgehead atoms. The molecular formula is C11H11F3N2O2S. The standard InChI is InChI=1S/C11H11F3N2O2S/c12-11(13,14)8-1-2-9(16(17)18)10(7-8)15-3-5-19-6-4-15/h1-2,7H,3-6H2. The number of nitro benzene ring substituents is 1. The summed E-state index contributed by atoms with van der Waals surface area (Å²) in [6.45, 7) is 1.04. The van der Waals surface area contributed by atoms with Crippen molar-refractivity contribution in [1.29, 1.82) is 0 Å². The number of anilines is 1. The van der Waals surface area contributed by atoms with Crippen molar-refractivity contribution in [2.75, 3.05) is 29.5 Å². The number of hydrogen-bond acceptors (Lipinski definition) is 4. The number of rotatable bonds is 2. The molecule has 0 unspecified atom stereocenters. The van der Waals surface area contributed by atoms with Gasteiger partial charge in [0.05, 0.1) is 10.5 Å². The second kappa shape index (κ2) is 5.28. The van der Waals surface area contributed by atoms with Crippen LogP contribution < -0.4 is 4.90 Å². The normalized spacial score (nSPS) is 16.5. The smallest absolute Gasteiger partial charge is 0.364 e. The first-order valence-corrected chi connectivity index (χ1v) is 6.73. The summed E-state index contributed by atoms with van der Waals surface area (Å²) in [7, 11) is 0. The minimum Gasteiger partial charge on any atom is -0.364 e. The Morgan fingerprint density at radius 3 is 2.42 bits per heavy atom. The van der Waals surface area contributed by atoms with E-state index in [9.17, 15) is 23.3 Å². The summed E-state index contributed by atoms with van der Waals surface area (Å²) in [4.78, 5) is 11.9. The molecule has 0 amide bonds. The van der Waals surface area contributed by atoms with Crippen molar-refractivity contribution in [3.63, 3.8) is 0 Å². The van der Waals surface area contributed by atoms with E-state index >= 15 is 0 Å². The minimum absolute atomic E-state index is 0.0557. The number of halogens is 3. The molecule has 0 aromatic heterocycles. The largest absolute Gasteiger partial charge is 0.416 e. The third kappa shape index (κ3) is 3.12. The van der Waals surface area contributed by atoms with E-state index < -0.39 is 16.7 Å². The van der Waals surface area contributed by atoms with Gasteiger partial charge < -0.3 is 4.90 Å². The summed E-state index contributed by atoms with van der Waals surface area (Å²) in [6.07, 6.45) is -4.49. The van der Waals surface area contributed by atoms with Crippen LogP contribution in [0.15, 0.2) is 18.2 Å². The van der Waals surface area contributed by atoms with Gasteiger partial charge in [-0.2, -0.15) is 24.9 Å². The number of hydrogen-bond donors (Lipinski definition) is 0. The summed E-state index contributed by atoms with van der Waals surface area (Å²) < 4.78 is 38.0. The van der Waals surface area contributed by atoms with Gasteiger partial charge in [-0.05, 0) is 12.1 Å². The lowest BCUT2D eigenvalue weighted by Crippen LogP contribution is -2.33. The van der Waals surface area contributed by atoms with Gasteiger partial charge in [-0.3, -0.25) is 10.1 Å². The molecule has 1 aromatic rings. The molecule has 0 radical (unpaired) electrons. The molecule has 1 aliphatic rings. The van der Waals surface area contributed by atoms with E-state index in [4.69, 9.17) is 0 Å². The number of nitro groups is 1. The zero-order chi connectivity index (χ0) is 14.0. The Balaban J connectivity index is 2.44. The zero-order valence-corrected chi connectivity index (χ0v) is 10.6. The molecule has 1 aromatic carbocycles. The molecule has 0 aliphatic carbocycles. The fourth-order valence-electron chi connectivity index (χ4n) is 1.91. The molecule has 1 fully saturated rings. The van der Waals surface area contributed by atoms with Gasteiger partial charge in [0, 0.05) is 30.7 Å². The first-order valence-electron chi connectivity index (χ1n) is 5.58. The molecule has 2 rings (SSSR count). The molecular weight excluding hydrogens is 281 g/mol. The molecule has 104 valence electrons. The molecule has 4 nitrogen and oxygen atoms in total. The number of alkyl halides is 3. The fraction of sp³-hybridized carbons (Fsp3) is 0.455. The van der Waals surface area contributed by atoms with E-state index in [-0.39, 0.29) is 11.4 Å². The number of thioether (sulfide) groups is 1. The first kappa shape index (κ1) is 14.0. The Kier molecular flexibility index (Phi) is 3.88. The maximum absolute atomic E-state index is 12.7. The van der Waals surface area contributed by atoms with Gasteiger partial charge in [-0.15, -0.1) is 0 Å². The van der Waals surface area contributed by atoms with Crippen molar-refractivity contribution in [3.05, 3.63) is 33.9 Å². The highest BCUT2D eigenvalue weighted by atomic mass is 32.2. The van der Waals surface area contributed by atoms with Crippen molar-refractivity contribution >= 4 is 23.1 Å². The maximum atomic E-state index is 12.7. The Bertz CT molecular complexity index is 487. The molecule has 1 heterocycles. The highest BCUT2D eigenvalue weighted by molar-refractivity contribution is 7.99. The third-order valence-electron chi connectivity index (χ3n) is 2.85. The van der Waals surface area contributed by atoms with Gasteiger partial charge >= 0.3 is 6.18 Å². The summed E-state index contributed by atoms with van der Waals surface area (Å²) in [6, 6.07) is 2.55. The molecule has 0 N–H and O–H groups in total. The molecule has 1 saturated heterocycles. The van der Waals surface area contributed by atoms with Gasteiger partial charge in [0.1, 0.15) is 5.69 Å². The van der Waals surface area contributed by atoms with Crippen LogP contribution >= 0.6 is 11.8 Å². The van der Waals surface area contributed by atoms with E-state index in [0.29, 0.717) is 13.1 Å². The lowest BCUT2D eigenvalue weighted by Gasteiger charge is -2.28. The molecule has 19 heavy (non-hydrogen) atoms. The van der Waals surface area contributed by atoms with Crippen LogP contribution in [0.1, 0.15) is 5.56 Å². The third-order valence-corrected chi connectivity index (χ3v) is 3.79. The van der Waals surface area contributed by atoms with Crippen molar-refractivity contribution in [2.45, 2.75) is 6.18 Å². The van der Waals surface area contributed by atoms with Crippen LogP contribution in [-0.4, -0.2) is 29.5 Å². The second-order valence-electron chi connectivity index (χ2n) is 4.06. The predicted molar refractivity (Wildman–Crippen MR) is 67.6 cm³/mol. The van der Waals surface area contributed by atoms with E-state index in [1.54, 1.807) is 16.7 Å². The molecule has 0 spiro atoms. The molecule has 0 saturated carbocycles. The van der Waals surface area contributed by atoms with Crippen LogP contribution in [0.3, 0.4) is 0 Å². The minimum atomic E-state index is -4.49. The predicted octanol–water partition coefficient (Wildman–Crippen LogP) is 3.17. The van der Waals surface area contributed by atoms with E-state index in [2.05, 4.69) is 0 Å².